The van der Waals surface area contributed by atoms with Crippen LogP contribution in [0.1, 0.15) is 28.8 Å². The minimum Gasteiger partial charge on any atom is -0.462 e. The number of carbonyl (C=O) groups excluding carboxylic acids is 1. The van der Waals surface area contributed by atoms with Crippen LogP contribution in [0, 0.1) is 6.92 Å². The Morgan fingerprint density at radius 2 is 2.47 bits per heavy atom. The van der Waals surface area contributed by atoms with E-state index in [9.17, 15) is 4.79 Å². The van der Waals surface area contributed by atoms with Crippen molar-refractivity contribution in [1.82, 2.24) is 9.97 Å². The maximum atomic E-state index is 11.3. The fourth-order valence-electron chi connectivity index (χ4n) is 1.01. The summed E-state index contributed by atoms with van der Waals surface area (Å²) in [5.74, 6) is -0.217. The zero-order valence-electron chi connectivity index (χ0n) is 8.47. The minimum absolute atomic E-state index is 0.239. The molecule has 15 heavy (non-hydrogen) atoms. The number of ether oxygens (including phenoxy) is 1. The van der Waals surface area contributed by atoms with E-state index in [0.717, 1.165) is 6.21 Å². The minimum atomic E-state index is -0.456. The number of hydrogen-bond donors (Lipinski definition) is 1. The van der Waals surface area contributed by atoms with Gasteiger partial charge in [0.25, 0.3) is 0 Å². The largest absolute Gasteiger partial charge is 0.462 e. The van der Waals surface area contributed by atoms with Gasteiger partial charge < -0.3 is 9.94 Å². The van der Waals surface area contributed by atoms with Gasteiger partial charge in [0, 0.05) is 6.20 Å². The first-order valence-electron chi connectivity index (χ1n) is 4.37. The van der Waals surface area contributed by atoms with E-state index >= 15 is 0 Å². The molecule has 1 rings (SSSR count). The molecule has 0 bridgehead atoms. The number of carbonyl (C=O) groups is 1. The lowest BCUT2D eigenvalue weighted by molar-refractivity contribution is 0.0524. The summed E-state index contributed by atoms with van der Waals surface area (Å²) in [6, 6.07) is 0. The smallest absolute Gasteiger partial charge is 0.341 e. The van der Waals surface area contributed by atoms with Crippen molar-refractivity contribution in [3.05, 3.63) is 23.3 Å². The number of oxime groups is 1. The van der Waals surface area contributed by atoms with Gasteiger partial charge in [0.05, 0.1) is 17.9 Å². The molecule has 1 aromatic heterocycles. The fourth-order valence-corrected chi connectivity index (χ4v) is 1.01. The molecule has 0 fully saturated rings. The van der Waals surface area contributed by atoms with Crippen molar-refractivity contribution in [2.24, 2.45) is 5.16 Å². The monoisotopic (exact) mass is 209 g/mol. The summed E-state index contributed by atoms with van der Waals surface area (Å²) in [6.07, 6.45) is 2.43. The lowest BCUT2D eigenvalue weighted by Crippen LogP contribution is -2.10. The van der Waals surface area contributed by atoms with Crippen molar-refractivity contribution in [3.8, 4) is 0 Å². The molecule has 0 aromatic carbocycles. The Balaban J connectivity index is 2.97. The molecule has 1 aromatic rings. The number of esters is 1. The lowest BCUT2D eigenvalue weighted by atomic mass is 10.2. The van der Waals surface area contributed by atoms with Gasteiger partial charge in [-0.2, -0.15) is 0 Å². The van der Waals surface area contributed by atoms with Gasteiger partial charge in [-0.3, -0.25) is 0 Å². The molecule has 0 atom stereocenters. The highest BCUT2D eigenvalue weighted by Gasteiger charge is 2.11. The second-order valence-corrected chi connectivity index (χ2v) is 2.69. The molecule has 1 N–H and O–H groups in total. The van der Waals surface area contributed by atoms with E-state index in [4.69, 9.17) is 9.94 Å². The molecule has 1 heterocycles. The molecule has 0 saturated carbocycles. The fraction of sp³-hybridized carbons (Fsp3) is 0.333. The summed E-state index contributed by atoms with van der Waals surface area (Å²) in [5.41, 5.74) is 0.797. The normalized spacial score (nSPS) is 10.5. The summed E-state index contributed by atoms with van der Waals surface area (Å²) in [6.45, 7) is 3.68. The van der Waals surface area contributed by atoms with Gasteiger partial charge >= 0.3 is 5.97 Å². The Bertz CT molecular complexity index is 390. The second-order valence-electron chi connectivity index (χ2n) is 2.69. The molecule has 6 nitrogen and oxygen atoms in total. The molecule has 80 valence electrons. The van der Waals surface area contributed by atoms with Gasteiger partial charge in [0.15, 0.2) is 5.82 Å². The molecular formula is C9H11N3O3. The average molecular weight is 209 g/mol. The van der Waals surface area contributed by atoms with Crippen LogP contribution in [-0.2, 0) is 4.74 Å². The predicted octanol–water partition coefficient (Wildman–Crippen LogP) is 0.770. The Kier molecular flexibility index (Phi) is 3.73. The third kappa shape index (κ3) is 2.73. The number of nitrogens with zero attached hydrogens (tertiary/aromatic N) is 3. The van der Waals surface area contributed by atoms with E-state index in [1.807, 2.05) is 0 Å². The summed E-state index contributed by atoms with van der Waals surface area (Å²) in [7, 11) is 0. The van der Waals surface area contributed by atoms with Crippen molar-refractivity contribution < 1.29 is 14.7 Å². The van der Waals surface area contributed by atoms with Gasteiger partial charge in [-0.1, -0.05) is 5.16 Å². The summed E-state index contributed by atoms with van der Waals surface area (Å²) in [4.78, 5) is 19.1. The molecular weight excluding hydrogens is 198 g/mol. The van der Waals surface area contributed by atoms with Crippen molar-refractivity contribution in [2.75, 3.05) is 6.61 Å². The van der Waals surface area contributed by atoms with Crippen LogP contribution < -0.4 is 0 Å². The van der Waals surface area contributed by atoms with Crippen LogP contribution in [0.2, 0.25) is 0 Å². The number of rotatable bonds is 3. The first kappa shape index (κ1) is 11.1. The van der Waals surface area contributed by atoms with Crippen molar-refractivity contribution in [2.45, 2.75) is 13.8 Å². The van der Waals surface area contributed by atoms with Crippen LogP contribution in [0.5, 0.6) is 0 Å². The highest BCUT2D eigenvalue weighted by molar-refractivity contribution is 5.90. The van der Waals surface area contributed by atoms with Crippen LogP contribution in [0.25, 0.3) is 0 Å². The van der Waals surface area contributed by atoms with Crippen molar-refractivity contribution >= 4 is 12.2 Å². The summed E-state index contributed by atoms with van der Waals surface area (Å²) in [5, 5.41) is 11.1. The molecule has 0 aliphatic carbocycles. The van der Waals surface area contributed by atoms with Crippen molar-refractivity contribution in [3.63, 3.8) is 0 Å². The summed E-state index contributed by atoms with van der Waals surface area (Å²) < 4.78 is 4.81. The van der Waals surface area contributed by atoms with Crippen LogP contribution in [-0.4, -0.2) is 34.0 Å². The van der Waals surface area contributed by atoms with Crippen LogP contribution in [0.3, 0.4) is 0 Å². The van der Waals surface area contributed by atoms with E-state index in [2.05, 4.69) is 15.1 Å². The third-order valence-electron chi connectivity index (χ3n) is 1.67. The lowest BCUT2D eigenvalue weighted by Gasteiger charge is -2.03. The maximum absolute atomic E-state index is 11.3. The standard InChI is InChI=1S/C9H11N3O3/c1-3-15-9(13)7-4-10-8(5-11-14)12-6(7)2/h4-5,14H,3H2,1-2H3. The first-order chi connectivity index (χ1) is 7.19. The maximum Gasteiger partial charge on any atom is 0.341 e. The van der Waals surface area contributed by atoms with E-state index < -0.39 is 5.97 Å². The third-order valence-corrected chi connectivity index (χ3v) is 1.67. The molecule has 0 radical (unpaired) electrons. The van der Waals surface area contributed by atoms with Crippen molar-refractivity contribution in [1.29, 1.82) is 0 Å². The predicted molar refractivity (Wildman–Crippen MR) is 52.1 cm³/mol. The Morgan fingerprint density at radius 1 is 1.73 bits per heavy atom. The van der Waals surface area contributed by atoms with E-state index in [1.165, 1.54) is 6.20 Å². The SMILES string of the molecule is CCOC(=O)c1cnc(C=NO)nc1C. The van der Waals surface area contributed by atoms with Crippen LogP contribution >= 0.6 is 0 Å². The Labute approximate surface area is 86.6 Å². The van der Waals surface area contributed by atoms with E-state index in [0.29, 0.717) is 17.9 Å². The van der Waals surface area contributed by atoms with Gasteiger partial charge in [0.2, 0.25) is 0 Å². The number of hydrogen-bond acceptors (Lipinski definition) is 6. The molecule has 0 saturated heterocycles. The van der Waals surface area contributed by atoms with Gasteiger partial charge in [-0.15, -0.1) is 0 Å². The average Bonchev–Trinajstić information content (AvgIpc) is 2.18. The number of aromatic nitrogens is 2. The topological polar surface area (TPSA) is 84.7 Å². The van der Waals surface area contributed by atoms with Gasteiger partial charge in [-0.25, -0.2) is 14.8 Å². The van der Waals surface area contributed by atoms with E-state index in [-0.39, 0.29) is 5.82 Å². The Hall–Kier alpha value is -1.98. The van der Waals surface area contributed by atoms with E-state index in [1.54, 1.807) is 13.8 Å². The molecule has 0 unspecified atom stereocenters. The molecule has 6 heteroatoms. The zero-order chi connectivity index (χ0) is 11.3. The highest BCUT2D eigenvalue weighted by Crippen LogP contribution is 2.05. The first-order valence-corrected chi connectivity index (χ1v) is 4.37. The Morgan fingerprint density at radius 3 is 3.00 bits per heavy atom. The van der Waals surface area contributed by atoms with Gasteiger partial charge in [-0.05, 0) is 13.8 Å². The van der Waals surface area contributed by atoms with Gasteiger partial charge in [0.1, 0.15) is 6.21 Å². The second kappa shape index (κ2) is 5.04. The quantitative estimate of drug-likeness (QED) is 0.344. The molecule has 0 amide bonds. The highest BCUT2D eigenvalue weighted by atomic mass is 16.5. The number of aryl methyl sites for hydroxylation is 1. The molecule has 0 aliphatic rings. The van der Waals surface area contributed by atoms with Crippen LogP contribution in [0.4, 0.5) is 0 Å². The zero-order valence-corrected chi connectivity index (χ0v) is 8.47. The summed E-state index contributed by atoms with van der Waals surface area (Å²) >= 11 is 0. The molecule has 0 aliphatic heterocycles. The molecule has 0 spiro atoms. The van der Waals surface area contributed by atoms with Crippen LogP contribution in [0.15, 0.2) is 11.4 Å².